The normalized spacial score (nSPS) is 18.9. The van der Waals surface area contributed by atoms with E-state index in [0.29, 0.717) is 0 Å². The van der Waals surface area contributed by atoms with Crippen LogP contribution in [0.1, 0.15) is 0 Å². The van der Waals surface area contributed by atoms with E-state index in [1.165, 1.54) is 0 Å². The van der Waals surface area contributed by atoms with Crippen molar-refractivity contribution in [1.82, 2.24) is 5.32 Å². The molecule has 0 saturated heterocycles. The molecule has 3 heterocycles. The van der Waals surface area contributed by atoms with Gasteiger partial charge >= 0.3 is 0 Å². The minimum atomic E-state index is 0.835. The summed E-state index contributed by atoms with van der Waals surface area (Å²) in [5.74, 6) is 0.835. The van der Waals surface area contributed by atoms with Gasteiger partial charge in [-0.25, -0.2) is 4.99 Å². The molecule has 0 bridgehead atoms. The third-order valence-corrected chi connectivity index (χ3v) is 3.15. The molecule has 1 aromatic rings. The molecule has 0 aromatic heterocycles. The Morgan fingerprint density at radius 2 is 2.06 bits per heavy atom. The Hall–Kier alpha value is -2.55. The molecule has 0 unspecified atom stereocenters. The first-order valence-corrected chi connectivity index (χ1v) is 5.82. The predicted molar refractivity (Wildman–Crippen MR) is 68.2 cm³/mol. The molecule has 4 rings (SSSR count). The van der Waals surface area contributed by atoms with Crippen molar-refractivity contribution in [2.45, 2.75) is 0 Å². The summed E-state index contributed by atoms with van der Waals surface area (Å²) in [7, 11) is 0. The minimum Gasteiger partial charge on any atom is -0.461 e. The summed E-state index contributed by atoms with van der Waals surface area (Å²) in [5, 5.41) is 5.10. The van der Waals surface area contributed by atoms with Gasteiger partial charge in [-0.3, -0.25) is 0 Å². The summed E-state index contributed by atoms with van der Waals surface area (Å²) in [6, 6.07) is 8.02. The molecular weight excluding hydrogens is 224 g/mol. The fourth-order valence-electron chi connectivity index (χ4n) is 2.26. The van der Waals surface area contributed by atoms with E-state index in [-0.39, 0.29) is 0 Å². The summed E-state index contributed by atoms with van der Waals surface area (Å²) in [5.41, 5.74) is 3.01. The second-order valence-electron chi connectivity index (χ2n) is 4.28. The summed E-state index contributed by atoms with van der Waals surface area (Å²) in [6.07, 6.45) is 9.64. The molecule has 3 nitrogen and oxygen atoms in total. The van der Waals surface area contributed by atoms with Gasteiger partial charge in [0.15, 0.2) is 5.76 Å². The molecule has 1 N–H and O–H groups in total. The molecule has 86 valence electrons. The Bertz CT molecular complexity index is 779. The highest BCUT2D eigenvalue weighted by Crippen LogP contribution is 2.27. The first kappa shape index (κ1) is 9.48. The maximum atomic E-state index is 5.80. The highest BCUT2D eigenvalue weighted by Gasteiger charge is 2.18. The number of rotatable bonds is 0. The van der Waals surface area contributed by atoms with Crippen LogP contribution in [0.25, 0.3) is 5.76 Å². The molecule has 18 heavy (non-hydrogen) atoms. The lowest BCUT2D eigenvalue weighted by atomic mass is 10.1. The first-order valence-electron chi connectivity index (χ1n) is 5.82. The number of allylic oxidation sites excluding steroid dienone is 4. The highest BCUT2D eigenvalue weighted by atomic mass is 16.5. The molecule has 0 amide bonds. The SMILES string of the molecule is C1=CC2=COC3=c4ccccc4=NC3=CC2=CN1. The molecule has 3 aliphatic heterocycles. The highest BCUT2D eigenvalue weighted by molar-refractivity contribution is 5.66. The number of para-hydroxylation sites is 1. The smallest absolute Gasteiger partial charge is 0.161 e. The van der Waals surface area contributed by atoms with Crippen LogP contribution in [0.15, 0.2) is 76.9 Å². The maximum absolute atomic E-state index is 5.80. The third-order valence-electron chi connectivity index (χ3n) is 3.15. The van der Waals surface area contributed by atoms with Crippen molar-refractivity contribution in [3.63, 3.8) is 0 Å². The number of benzene rings is 1. The Labute approximate surface area is 104 Å². The topological polar surface area (TPSA) is 33.6 Å². The fourth-order valence-corrected chi connectivity index (χ4v) is 2.26. The van der Waals surface area contributed by atoms with Crippen LogP contribution in [0.2, 0.25) is 0 Å². The number of fused-ring (bicyclic) bond motifs is 3. The van der Waals surface area contributed by atoms with Gasteiger partial charge in [0.25, 0.3) is 0 Å². The van der Waals surface area contributed by atoms with E-state index in [0.717, 1.165) is 33.2 Å². The van der Waals surface area contributed by atoms with Gasteiger partial charge in [-0.05, 0) is 24.3 Å². The maximum Gasteiger partial charge on any atom is 0.161 e. The van der Waals surface area contributed by atoms with Crippen LogP contribution in [0.3, 0.4) is 0 Å². The van der Waals surface area contributed by atoms with Crippen molar-refractivity contribution in [2.24, 2.45) is 4.99 Å². The number of dihydropyridines is 1. The average molecular weight is 234 g/mol. The van der Waals surface area contributed by atoms with Gasteiger partial charge in [-0.15, -0.1) is 0 Å². The molecule has 3 heteroatoms. The monoisotopic (exact) mass is 234 g/mol. The summed E-state index contributed by atoms with van der Waals surface area (Å²) >= 11 is 0. The van der Waals surface area contributed by atoms with Crippen LogP contribution in [-0.4, -0.2) is 0 Å². The van der Waals surface area contributed by atoms with Gasteiger partial charge in [0.2, 0.25) is 0 Å². The number of hydrogen-bond donors (Lipinski definition) is 1. The lowest BCUT2D eigenvalue weighted by Gasteiger charge is -2.06. The van der Waals surface area contributed by atoms with Gasteiger partial charge in [-0.2, -0.15) is 0 Å². The van der Waals surface area contributed by atoms with Gasteiger partial charge < -0.3 is 10.1 Å². The lowest BCUT2D eigenvalue weighted by Crippen LogP contribution is -2.22. The molecule has 3 aliphatic rings. The first-order chi connectivity index (χ1) is 8.92. The Morgan fingerprint density at radius 3 is 3.06 bits per heavy atom. The standard InChI is InChI=1S/C15H10N2O/c1-2-4-13-12(3-1)15-14(17-13)7-11-8-16-6-5-10(11)9-18-15/h1-9,16H. The number of ether oxygens (including phenoxy) is 1. The molecule has 1 aromatic carbocycles. The van der Waals surface area contributed by atoms with Crippen LogP contribution in [0.5, 0.6) is 0 Å². The quantitative estimate of drug-likeness (QED) is 0.732. The van der Waals surface area contributed by atoms with E-state index in [4.69, 9.17) is 4.74 Å². The third kappa shape index (κ3) is 1.27. The number of nitrogens with one attached hydrogen (secondary N) is 1. The summed E-state index contributed by atoms with van der Waals surface area (Å²) in [4.78, 5) is 4.60. The van der Waals surface area contributed by atoms with E-state index >= 15 is 0 Å². The van der Waals surface area contributed by atoms with Crippen molar-refractivity contribution in [3.05, 3.63) is 82.5 Å². The van der Waals surface area contributed by atoms with Gasteiger partial charge in [0, 0.05) is 28.8 Å². The second-order valence-corrected chi connectivity index (χ2v) is 4.28. The summed E-state index contributed by atoms with van der Waals surface area (Å²) in [6.45, 7) is 0. The Balaban J connectivity index is 2.00. The second kappa shape index (κ2) is 3.47. The van der Waals surface area contributed by atoms with Crippen molar-refractivity contribution in [1.29, 1.82) is 0 Å². The van der Waals surface area contributed by atoms with Crippen LogP contribution < -0.4 is 15.9 Å². The van der Waals surface area contributed by atoms with Gasteiger partial charge in [-0.1, -0.05) is 12.1 Å². The van der Waals surface area contributed by atoms with Crippen LogP contribution in [0, 0.1) is 0 Å². The summed E-state index contributed by atoms with van der Waals surface area (Å²) < 4.78 is 5.80. The minimum absolute atomic E-state index is 0.835. The van der Waals surface area contributed by atoms with E-state index in [2.05, 4.69) is 10.3 Å². The van der Waals surface area contributed by atoms with Crippen LogP contribution in [-0.2, 0) is 4.74 Å². The Kier molecular flexibility index (Phi) is 1.83. The predicted octanol–water partition coefficient (Wildman–Crippen LogP) is 1.23. The van der Waals surface area contributed by atoms with Crippen molar-refractivity contribution in [3.8, 4) is 0 Å². The van der Waals surface area contributed by atoms with Crippen molar-refractivity contribution in [2.75, 3.05) is 0 Å². The van der Waals surface area contributed by atoms with Crippen LogP contribution in [0.4, 0.5) is 0 Å². The lowest BCUT2D eigenvalue weighted by molar-refractivity contribution is 0.431. The molecular formula is C15H10N2O. The van der Waals surface area contributed by atoms with E-state index in [9.17, 15) is 0 Å². The molecule has 0 fully saturated rings. The van der Waals surface area contributed by atoms with E-state index in [1.54, 1.807) is 6.26 Å². The largest absolute Gasteiger partial charge is 0.461 e. The number of hydrogen-bond acceptors (Lipinski definition) is 3. The van der Waals surface area contributed by atoms with E-state index in [1.807, 2.05) is 48.8 Å². The Morgan fingerprint density at radius 1 is 1.11 bits per heavy atom. The van der Waals surface area contributed by atoms with Crippen molar-refractivity contribution < 1.29 is 4.74 Å². The molecule has 0 saturated carbocycles. The molecule has 0 aliphatic carbocycles. The van der Waals surface area contributed by atoms with Crippen LogP contribution >= 0.6 is 0 Å². The fraction of sp³-hybridized carbons (Fsp3) is 0. The van der Waals surface area contributed by atoms with Crippen molar-refractivity contribution >= 4 is 5.76 Å². The number of nitrogens with zero attached hydrogens (tertiary/aromatic N) is 1. The van der Waals surface area contributed by atoms with E-state index < -0.39 is 0 Å². The molecule has 0 atom stereocenters. The molecule has 0 spiro atoms. The van der Waals surface area contributed by atoms with Gasteiger partial charge in [0.05, 0.1) is 11.6 Å². The zero-order chi connectivity index (χ0) is 11.9. The zero-order valence-electron chi connectivity index (χ0n) is 9.55. The molecule has 0 radical (unpaired) electrons. The van der Waals surface area contributed by atoms with Gasteiger partial charge in [0.1, 0.15) is 5.70 Å². The zero-order valence-corrected chi connectivity index (χ0v) is 9.55. The average Bonchev–Trinajstić information content (AvgIpc) is 2.65.